The first kappa shape index (κ1) is 18.2. The van der Waals surface area contributed by atoms with Crippen LogP contribution in [0.4, 0.5) is 4.39 Å². The molecule has 0 aromatic heterocycles. The molecule has 128 valence electrons. The van der Waals surface area contributed by atoms with E-state index >= 15 is 0 Å². The second-order valence-corrected chi connectivity index (χ2v) is 7.19. The minimum atomic E-state index is -3.87. The molecule has 0 saturated heterocycles. The van der Waals surface area contributed by atoms with E-state index in [9.17, 15) is 12.8 Å². The first-order chi connectivity index (χ1) is 11.3. The van der Waals surface area contributed by atoms with E-state index in [1.807, 2.05) is 18.7 Å². The van der Waals surface area contributed by atoms with E-state index < -0.39 is 15.8 Å². The topological polar surface area (TPSA) is 67.8 Å². The number of sulfonamides is 1. The van der Waals surface area contributed by atoms with Crippen LogP contribution in [-0.2, 0) is 10.0 Å². The van der Waals surface area contributed by atoms with Gasteiger partial charge in [0, 0.05) is 5.56 Å². The molecule has 0 atom stereocenters. The van der Waals surface area contributed by atoms with Crippen LogP contribution in [0.5, 0.6) is 5.75 Å². The van der Waals surface area contributed by atoms with Gasteiger partial charge in [-0.3, -0.25) is 0 Å². The van der Waals surface area contributed by atoms with Crippen LogP contribution in [0.1, 0.15) is 19.4 Å². The summed E-state index contributed by atoms with van der Waals surface area (Å²) < 4.78 is 43.3. The van der Waals surface area contributed by atoms with Crippen molar-refractivity contribution >= 4 is 27.8 Å². The molecular formula is C16H16ClFN2O3S. The summed E-state index contributed by atoms with van der Waals surface area (Å²) in [5.74, 6) is -0.0359. The SMILES string of the molecule is CC(C)Oc1ccc(S(=O)(=O)N/N=C/c2c(F)cccc2Cl)cc1. The van der Waals surface area contributed by atoms with Crippen molar-refractivity contribution in [2.75, 3.05) is 0 Å². The van der Waals surface area contributed by atoms with Crippen LogP contribution in [-0.4, -0.2) is 20.7 Å². The van der Waals surface area contributed by atoms with Crippen molar-refractivity contribution in [3.05, 3.63) is 58.9 Å². The third kappa shape index (κ3) is 4.69. The fourth-order valence-corrected chi connectivity index (χ4v) is 2.82. The van der Waals surface area contributed by atoms with Crippen molar-refractivity contribution in [3.63, 3.8) is 0 Å². The zero-order valence-electron chi connectivity index (χ0n) is 13.0. The van der Waals surface area contributed by atoms with Crippen molar-refractivity contribution in [2.24, 2.45) is 5.10 Å². The Kier molecular flexibility index (Phi) is 5.80. The van der Waals surface area contributed by atoms with Gasteiger partial charge >= 0.3 is 0 Å². The van der Waals surface area contributed by atoms with Crippen LogP contribution in [0.25, 0.3) is 0 Å². The number of nitrogens with one attached hydrogen (secondary N) is 1. The Hall–Kier alpha value is -2.12. The maximum absolute atomic E-state index is 13.6. The lowest BCUT2D eigenvalue weighted by Crippen LogP contribution is -2.18. The Bertz CT molecular complexity index is 817. The molecule has 2 aromatic rings. The van der Waals surface area contributed by atoms with Crippen LogP contribution in [0.3, 0.4) is 0 Å². The van der Waals surface area contributed by atoms with Gasteiger partial charge in [0.2, 0.25) is 0 Å². The third-order valence-electron chi connectivity index (χ3n) is 2.87. The molecule has 0 aliphatic carbocycles. The van der Waals surface area contributed by atoms with Crippen LogP contribution in [0.2, 0.25) is 5.02 Å². The highest BCUT2D eigenvalue weighted by atomic mass is 35.5. The van der Waals surface area contributed by atoms with E-state index in [0.717, 1.165) is 6.21 Å². The van der Waals surface area contributed by atoms with Gasteiger partial charge < -0.3 is 4.74 Å². The smallest absolute Gasteiger partial charge is 0.276 e. The summed E-state index contributed by atoms with van der Waals surface area (Å²) in [6, 6.07) is 10.0. The Morgan fingerprint density at radius 1 is 1.21 bits per heavy atom. The van der Waals surface area contributed by atoms with Gasteiger partial charge in [-0.25, -0.2) is 9.22 Å². The number of hydrogen-bond donors (Lipinski definition) is 1. The average molecular weight is 371 g/mol. The highest BCUT2D eigenvalue weighted by Gasteiger charge is 2.13. The molecule has 24 heavy (non-hydrogen) atoms. The average Bonchev–Trinajstić information content (AvgIpc) is 2.50. The van der Waals surface area contributed by atoms with Crippen LogP contribution in [0, 0.1) is 5.82 Å². The van der Waals surface area contributed by atoms with Gasteiger partial charge in [0.05, 0.1) is 22.2 Å². The molecule has 2 aromatic carbocycles. The van der Waals surface area contributed by atoms with E-state index in [4.69, 9.17) is 16.3 Å². The Labute approximate surface area is 145 Å². The molecule has 2 rings (SSSR count). The lowest BCUT2D eigenvalue weighted by molar-refractivity contribution is 0.242. The van der Waals surface area contributed by atoms with Gasteiger partial charge in [-0.1, -0.05) is 17.7 Å². The molecule has 0 heterocycles. The van der Waals surface area contributed by atoms with Gasteiger partial charge in [-0.05, 0) is 50.2 Å². The van der Waals surface area contributed by atoms with Gasteiger partial charge in [0.1, 0.15) is 11.6 Å². The largest absolute Gasteiger partial charge is 0.491 e. The normalized spacial score (nSPS) is 11.9. The van der Waals surface area contributed by atoms with Crippen molar-refractivity contribution in [2.45, 2.75) is 24.8 Å². The summed E-state index contributed by atoms with van der Waals surface area (Å²) in [6.07, 6.45) is 1.01. The highest BCUT2D eigenvalue weighted by molar-refractivity contribution is 7.89. The molecule has 0 spiro atoms. The molecular weight excluding hydrogens is 355 g/mol. The van der Waals surface area contributed by atoms with Gasteiger partial charge in [0.15, 0.2) is 0 Å². The summed E-state index contributed by atoms with van der Waals surface area (Å²) in [6.45, 7) is 3.74. The predicted molar refractivity (Wildman–Crippen MR) is 91.5 cm³/mol. The number of ether oxygens (including phenoxy) is 1. The molecule has 8 heteroatoms. The zero-order valence-corrected chi connectivity index (χ0v) is 14.6. The Balaban J connectivity index is 2.12. The van der Waals surface area contributed by atoms with E-state index in [2.05, 4.69) is 5.10 Å². The van der Waals surface area contributed by atoms with Crippen molar-refractivity contribution < 1.29 is 17.5 Å². The fraction of sp³-hybridized carbons (Fsp3) is 0.188. The van der Waals surface area contributed by atoms with E-state index in [1.54, 1.807) is 12.1 Å². The number of halogens is 2. The molecule has 0 radical (unpaired) electrons. The number of rotatable bonds is 6. The second-order valence-electron chi connectivity index (χ2n) is 5.13. The summed E-state index contributed by atoms with van der Waals surface area (Å²) in [5.41, 5.74) is 0.00236. The zero-order chi connectivity index (χ0) is 17.7. The van der Waals surface area contributed by atoms with Gasteiger partial charge in [0.25, 0.3) is 10.0 Å². The van der Waals surface area contributed by atoms with Crippen LogP contribution in [0.15, 0.2) is 52.5 Å². The lowest BCUT2D eigenvalue weighted by Gasteiger charge is -2.10. The number of hydrazone groups is 1. The molecule has 0 amide bonds. The molecule has 0 saturated carbocycles. The first-order valence-corrected chi connectivity index (χ1v) is 8.91. The molecule has 0 aliphatic heterocycles. The van der Waals surface area contributed by atoms with Gasteiger partial charge in [-0.15, -0.1) is 0 Å². The molecule has 5 nitrogen and oxygen atoms in total. The fourth-order valence-electron chi connectivity index (χ4n) is 1.82. The Morgan fingerprint density at radius 2 is 1.88 bits per heavy atom. The molecule has 0 unspecified atom stereocenters. The minimum Gasteiger partial charge on any atom is -0.491 e. The van der Waals surface area contributed by atoms with E-state index in [-0.39, 0.29) is 21.6 Å². The summed E-state index contributed by atoms with van der Waals surface area (Å²) in [4.78, 5) is 2.02. The lowest BCUT2D eigenvalue weighted by atomic mass is 10.2. The monoisotopic (exact) mass is 370 g/mol. The molecule has 0 fully saturated rings. The number of nitrogens with zero attached hydrogens (tertiary/aromatic N) is 1. The van der Waals surface area contributed by atoms with E-state index in [1.165, 1.54) is 30.3 Å². The molecule has 0 aliphatic rings. The quantitative estimate of drug-likeness (QED) is 0.624. The summed E-state index contributed by atoms with van der Waals surface area (Å²) >= 11 is 5.83. The minimum absolute atomic E-state index is 0.00236. The number of benzene rings is 2. The summed E-state index contributed by atoms with van der Waals surface area (Å²) in [7, 11) is -3.87. The first-order valence-electron chi connectivity index (χ1n) is 7.05. The second kappa shape index (κ2) is 7.63. The van der Waals surface area contributed by atoms with Crippen LogP contribution >= 0.6 is 11.6 Å². The summed E-state index contributed by atoms with van der Waals surface area (Å²) in [5, 5.41) is 3.70. The Morgan fingerprint density at radius 3 is 2.46 bits per heavy atom. The maximum Gasteiger partial charge on any atom is 0.276 e. The van der Waals surface area contributed by atoms with E-state index in [0.29, 0.717) is 5.75 Å². The number of hydrogen-bond acceptors (Lipinski definition) is 4. The molecule has 1 N–H and O–H groups in total. The highest BCUT2D eigenvalue weighted by Crippen LogP contribution is 2.18. The predicted octanol–water partition coefficient (Wildman–Crippen LogP) is 3.58. The third-order valence-corrected chi connectivity index (χ3v) is 4.44. The van der Waals surface area contributed by atoms with Crippen LogP contribution < -0.4 is 9.57 Å². The van der Waals surface area contributed by atoms with Gasteiger partial charge in [-0.2, -0.15) is 13.5 Å². The maximum atomic E-state index is 13.6. The standard InChI is InChI=1S/C16H16ClFN2O3S/c1-11(2)23-12-6-8-13(9-7-12)24(21,22)20-19-10-14-15(17)4-3-5-16(14)18/h3-11,20H,1-2H3/b19-10+. The van der Waals surface area contributed by atoms with Crippen molar-refractivity contribution in [1.82, 2.24) is 4.83 Å². The van der Waals surface area contributed by atoms with Crippen molar-refractivity contribution in [1.29, 1.82) is 0 Å². The van der Waals surface area contributed by atoms with Crippen molar-refractivity contribution in [3.8, 4) is 5.75 Å². The molecule has 0 bridgehead atoms.